The monoisotopic (exact) mass is 633 g/mol. The van der Waals surface area contributed by atoms with Crippen molar-refractivity contribution in [1.29, 1.82) is 5.26 Å². The van der Waals surface area contributed by atoms with Crippen molar-refractivity contribution in [3.05, 3.63) is 58.3 Å². The zero-order valence-corrected chi connectivity index (χ0v) is 26.6. The third-order valence-corrected chi connectivity index (χ3v) is 11.8. The molecule has 1 unspecified atom stereocenters. The van der Waals surface area contributed by atoms with Crippen molar-refractivity contribution in [2.75, 3.05) is 18.0 Å². The number of fused-ring (bicyclic) bond motifs is 2. The largest absolute Gasteiger partial charge is 0.598 e. The molecule has 7 rings (SSSR count). The van der Waals surface area contributed by atoms with Gasteiger partial charge >= 0.3 is 0 Å². The molecule has 222 valence electrons. The molecular weight excluding hydrogens is 602 g/mol. The average Bonchev–Trinajstić information content (AvgIpc) is 3.70. The van der Waals surface area contributed by atoms with E-state index in [-0.39, 0.29) is 21.9 Å². The lowest BCUT2D eigenvalue weighted by Crippen LogP contribution is -2.50. The molecule has 43 heavy (non-hydrogen) atoms. The predicted octanol–water partition coefficient (Wildman–Crippen LogP) is 5.63. The number of hydrogen-bond acceptors (Lipinski definition) is 10. The fourth-order valence-corrected chi connectivity index (χ4v) is 8.41. The van der Waals surface area contributed by atoms with E-state index < -0.39 is 11.4 Å². The second-order valence-electron chi connectivity index (χ2n) is 12.6. The first-order valence-corrected chi connectivity index (χ1v) is 16.9. The molecule has 2 fully saturated rings. The van der Waals surface area contributed by atoms with E-state index >= 15 is 0 Å². The Labute approximate surface area is 262 Å². The van der Waals surface area contributed by atoms with Crippen LogP contribution >= 0.6 is 23.4 Å². The van der Waals surface area contributed by atoms with Crippen LogP contribution in [-0.4, -0.2) is 52.5 Å². The summed E-state index contributed by atoms with van der Waals surface area (Å²) in [5.41, 5.74) is 3.83. The Morgan fingerprint density at radius 3 is 2.70 bits per heavy atom. The van der Waals surface area contributed by atoms with Crippen LogP contribution in [0.5, 0.6) is 0 Å². The molecule has 1 aliphatic heterocycles. The van der Waals surface area contributed by atoms with E-state index in [1.54, 1.807) is 6.20 Å². The van der Waals surface area contributed by atoms with Crippen molar-refractivity contribution >= 4 is 51.7 Å². The molecule has 13 heteroatoms. The van der Waals surface area contributed by atoms with Crippen molar-refractivity contribution in [3.8, 4) is 6.07 Å². The van der Waals surface area contributed by atoms with Gasteiger partial charge in [-0.2, -0.15) is 15.3 Å². The number of aromatic amines is 1. The number of aromatic nitrogens is 6. The first-order chi connectivity index (χ1) is 20.7. The van der Waals surface area contributed by atoms with Gasteiger partial charge in [0.25, 0.3) is 0 Å². The van der Waals surface area contributed by atoms with Crippen molar-refractivity contribution in [1.82, 2.24) is 34.9 Å². The summed E-state index contributed by atoms with van der Waals surface area (Å²) in [5.74, 6) is 0.933. The summed E-state index contributed by atoms with van der Waals surface area (Å²) in [6.07, 6.45) is 8.36. The van der Waals surface area contributed by atoms with E-state index in [4.69, 9.17) is 21.6 Å². The number of nitriles is 1. The van der Waals surface area contributed by atoms with E-state index in [2.05, 4.69) is 41.9 Å². The van der Waals surface area contributed by atoms with Crippen molar-refractivity contribution in [2.24, 2.45) is 5.41 Å². The van der Waals surface area contributed by atoms with Gasteiger partial charge in [-0.3, -0.25) is 15.1 Å². The number of anilines is 1. The van der Waals surface area contributed by atoms with E-state index in [0.717, 1.165) is 54.0 Å². The minimum absolute atomic E-state index is 0.0518. The Hall–Kier alpha value is -2.95. The normalized spacial score (nSPS) is 20.4. The second kappa shape index (κ2) is 10.9. The quantitative estimate of drug-likeness (QED) is 0.256. The number of rotatable bonds is 6. The SMILES string of the molecule is CC(C)(C)[S+]([O-])N[C@@H]1c2cccnc2CC12CCN(c1nc(C#N)c3c(Sc4ccnc(C5CC5)c4Cl)n[nH]c3n1)CC2. The van der Waals surface area contributed by atoms with Gasteiger partial charge in [-0.1, -0.05) is 29.4 Å². The first kappa shape index (κ1) is 28.8. The topological polar surface area (TPSA) is 142 Å². The molecule has 0 aromatic carbocycles. The third-order valence-electron chi connectivity index (χ3n) is 8.72. The first-order valence-electron chi connectivity index (χ1n) is 14.5. The van der Waals surface area contributed by atoms with Gasteiger partial charge < -0.3 is 9.45 Å². The minimum Gasteiger partial charge on any atom is -0.598 e. The molecule has 2 atom stereocenters. The molecule has 0 bridgehead atoms. The van der Waals surface area contributed by atoms with E-state index in [0.29, 0.717) is 46.0 Å². The van der Waals surface area contributed by atoms with Gasteiger partial charge in [0.05, 0.1) is 22.1 Å². The maximum atomic E-state index is 13.2. The highest BCUT2D eigenvalue weighted by Crippen LogP contribution is 2.52. The molecule has 2 aliphatic carbocycles. The van der Waals surface area contributed by atoms with Gasteiger partial charge in [0.1, 0.15) is 15.8 Å². The molecule has 1 saturated carbocycles. The highest BCUT2D eigenvalue weighted by molar-refractivity contribution is 7.99. The molecule has 5 heterocycles. The van der Waals surface area contributed by atoms with Crippen LogP contribution < -0.4 is 9.62 Å². The lowest BCUT2D eigenvalue weighted by Gasteiger charge is -2.43. The molecule has 2 N–H and O–H groups in total. The molecule has 0 radical (unpaired) electrons. The van der Waals surface area contributed by atoms with Crippen molar-refractivity contribution in [3.63, 3.8) is 0 Å². The number of halogens is 1. The Morgan fingerprint density at radius 1 is 1.19 bits per heavy atom. The number of nitrogens with zero attached hydrogens (tertiary/aromatic N) is 7. The number of H-pyrrole nitrogens is 1. The van der Waals surface area contributed by atoms with Gasteiger partial charge in [0.2, 0.25) is 5.95 Å². The fraction of sp³-hybridized carbons (Fsp3) is 0.467. The van der Waals surface area contributed by atoms with E-state index in [1.807, 2.05) is 39.1 Å². The molecule has 10 nitrogen and oxygen atoms in total. The zero-order chi connectivity index (χ0) is 29.9. The van der Waals surface area contributed by atoms with Crippen LogP contribution in [0.4, 0.5) is 5.95 Å². The number of hydrogen-bond donors (Lipinski definition) is 2. The molecule has 1 spiro atoms. The Kier molecular flexibility index (Phi) is 7.29. The van der Waals surface area contributed by atoms with Crippen LogP contribution in [0.15, 0.2) is 40.5 Å². The second-order valence-corrected chi connectivity index (χ2v) is 16.0. The third kappa shape index (κ3) is 5.25. The standard InChI is InChI=1S/C30H32ClN9OS2/c1-29(2,3)43(41)39-25-18-5-4-11-33-19(18)15-30(25)9-13-40(14-10-30)28-35-20(16-32)22-26(36-28)37-38-27(22)42-21-8-12-34-24(23(21)31)17-6-7-17/h4-5,8,11-12,17,25,39H,6-7,9-10,13-15H2,1-3H3,(H,35,36,37,38)/t25-,43?/m1/s1. The maximum Gasteiger partial charge on any atom is 0.228 e. The summed E-state index contributed by atoms with van der Waals surface area (Å²) in [5, 5.41) is 19.5. The van der Waals surface area contributed by atoms with E-state index in [9.17, 15) is 9.81 Å². The van der Waals surface area contributed by atoms with Crippen LogP contribution in [0.2, 0.25) is 5.02 Å². The molecule has 1 saturated heterocycles. The van der Waals surface area contributed by atoms with Crippen LogP contribution in [0.3, 0.4) is 0 Å². The van der Waals surface area contributed by atoms with Gasteiger partial charge in [-0.05, 0) is 70.6 Å². The van der Waals surface area contributed by atoms with Crippen LogP contribution in [0.25, 0.3) is 11.0 Å². The lowest BCUT2D eigenvalue weighted by molar-refractivity contribution is 0.175. The number of piperidine rings is 1. The van der Waals surface area contributed by atoms with Gasteiger partial charge in [-0.25, -0.2) is 4.98 Å². The molecule has 4 aromatic rings. The molecule has 0 amide bonds. The molecule has 4 aromatic heterocycles. The highest BCUT2D eigenvalue weighted by Gasteiger charge is 2.51. The van der Waals surface area contributed by atoms with Gasteiger partial charge in [0, 0.05) is 58.8 Å². The minimum atomic E-state index is -1.22. The molecule has 3 aliphatic rings. The number of pyridine rings is 2. The maximum absolute atomic E-state index is 13.2. The summed E-state index contributed by atoms with van der Waals surface area (Å²) in [7, 11) is 0. The molecular formula is C30H32ClN9OS2. The summed E-state index contributed by atoms with van der Waals surface area (Å²) >= 11 is 6.88. The lowest BCUT2D eigenvalue weighted by atomic mass is 9.73. The van der Waals surface area contributed by atoms with Crippen LogP contribution in [0.1, 0.15) is 81.1 Å². The average molecular weight is 634 g/mol. The van der Waals surface area contributed by atoms with Gasteiger partial charge in [0.15, 0.2) is 11.3 Å². The van der Waals surface area contributed by atoms with Crippen molar-refractivity contribution in [2.45, 2.75) is 79.5 Å². The summed E-state index contributed by atoms with van der Waals surface area (Å²) in [6.45, 7) is 7.37. The summed E-state index contributed by atoms with van der Waals surface area (Å²) in [4.78, 5) is 21.7. The summed E-state index contributed by atoms with van der Waals surface area (Å²) in [6, 6.07) is 8.16. The van der Waals surface area contributed by atoms with Gasteiger partial charge in [-0.15, -0.1) is 4.72 Å². The van der Waals surface area contributed by atoms with Crippen LogP contribution in [-0.2, 0) is 17.8 Å². The Bertz CT molecular complexity index is 1740. The smallest absolute Gasteiger partial charge is 0.228 e. The summed E-state index contributed by atoms with van der Waals surface area (Å²) < 4.78 is 16.3. The number of nitrogens with one attached hydrogen (secondary N) is 2. The van der Waals surface area contributed by atoms with E-state index in [1.165, 1.54) is 11.8 Å². The fourth-order valence-electron chi connectivity index (χ4n) is 6.17. The Balaban J connectivity index is 1.13. The highest BCUT2D eigenvalue weighted by atomic mass is 35.5. The van der Waals surface area contributed by atoms with Crippen molar-refractivity contribution < 1.29 is 4.55 Å². The Morgan fingerprint density at radius 2 is 1.98 bits per heavy atom. The zero-order valence-electron chi connectivity index (χ0n) is 24.2. The predicted molar refractivity (Wildman–Crippen MR) is 167 cm³/mol. The van der Waals surface area contributed by atoms with Crippen LogP contribution in [0, 0.1) is 16.7 Å².